The van der Waals surface area contributed by atoms with E-state index in [9.17, 15) is 8.42 Å². The summed E-state index contributed by atoms with van der Waals surface area (Å²) in [6, 6.07) is 4.69. The molecule has 1 fully saturated rings. The van der Waals surface area contributed by atoms with E-state index in [0.717, 1.165) is 12.8 Å². The van der Waals surface area contributed by atoms with Crippen molar-refractivity contribution in [2.45, 2.75) is 24.7 Å². The van der Waals surface area contributed by atoms with Crippen molar-refractivity contribution in [3.05, 3.63) is 28.2 Å². The van der Waals surface area contributed by atoms with Gasteiger partial charge in [0.05, 0.1) is 10.0 Å². The van der Waals surface area contributed by atoms with Crippen molar-refractivity contribution < 1.29 is 8.42 Å². The summed E-state index contributed by atoms with van der Waals surface area (Å²) in [4.78, 5) is 0.103. The molecule has 1 aromatic rings. The Labute approximate surface area is 118 Å². The van der Waals surface area contributed by atoms with Crippen molar-refractivity contribution in [1.82, 2.24) is 4.31 Å². The largest absolute Gasteiger partial charge is 0.244 e. The van der Waals surface area contributed by atoms with Crippen LogP contribution in [0.4, 0.5) is 0 Å². The molecular weight excluding hydrogens is 293 g/mol. The van der Waals surface area contributed by atoms with E-state index in [1.54, 1.807) is 12.1 Å². The molecule has 0 saturated carbocycles. The number of hydrogen-bond acceptors (Lipinski definition) is 2. The van der Waals surface area contributed by atoms with Gasteiger partial charge in [0.2, 0.25) is 10.0 Å². The number of benzene rings is 1. The lowest BCUT2D eigenvalue weighted by Gasteiger charge is -2.29. The summed E-state index contributed by atoms with van der Waals surface area (Å²) in [5.74, 6) is 0.575. The average molecular weight is 308 g/mol. The number of sulfonamides is 1. The van der Waals surface area contributed by atoms with Crippen molar-refractivity contribution in [1.29, 1.82) is 0 Å². The predicted octanol–water partition coefficient (Wildman–Crippen LogP) is 3.41. The zero-order chi connectivity index (χ0) is 13.3. The fourth-order valence-electron chi connectivity index (χ4n) is 2.05. The third-order valence-corrected chi connectivity index (χ3v) is 6.15. The van der Waals surface area contributed by atoms with Crippen LogP contribution in [-0.2, 0) is 10.0 Å². The summed E-state index contributed by atoms with van der Waals surface area (Å²) in [6.07, 6.45) is 1.77. The first-order chi connectivity index (χ1) is 8.43. The van der Waals surface area contributed by atoms with Gasteiger partial charge >= 0.3 is 0 Å². The molecule has 1 heterocycles. The number of hydrogen-bond donors (Lipinski definition) is 0. The zero-order valence-corrected chi connectivity index (χ0v) is 12.4. The third kappa shape index (κ3) is 2.67. The summed E-state index contributed by atoms with van der Waals surface area (Å²) >= 11 is 11.9. The highest BCUT2D eigenvalue weighted by molar-refractivity contribution is 7.89. The van der Waals surface area contributed by atoms with Crippen LogP contribution in [-0.4, -0.2) is 25.8 Å². The molecule has 0 atom stereocenters. The van der Waals surface area contributed by atoms with E-state index in [0.29, 0.717) is 19.0 Å². The van der Waals surface area contributed by atoms with E-state index < -0.39 is 10.0 Å². The molecule has 1 aliphatic heterocycles. The second kappa shape index (κ2) is 5.37. The van der Waals surface area contributed by atoms with Gasteiger partial charge in [-0.2, -0.15) is 4.31 Å². The molecule has 0 aliphatic carbocycles. The van der Waals surface area contributed by atoms with Gasteiger partial charge in [-0.25, -0.2) is 8.42 Å². The van der Waals surface area contributed by atoms with Crippen LogP contribution < -0.4 is 0 Å². The molecule has 0 unspecified atom stereocenters. The van der Waals surface area contributed by atoms with Gasteiger partial charge in [0.25, 0.3) is 0 Å². The van der Waals surface area contributed by atoms with E-state index in [2.05, 4.69) is 6.92 Å². The standard InChI is InChI=1S/C12H15Cl2NO2S/c1-9-5-7-15(8-6-9)18(16,17)11-4-2-3-10(13)12(11)14/h2-4,9H,5-8H2,1H3. The van der Waals surface area contributed by atoms with Crippen molar-refractivity contribution in [3.8, 4) is 0 Å². The first-order valence-corrected chi connectivity index (χ1v) is 8.06. The van der Waals surface area contributed by atoms with Crippen LogP contribution in [0.1, 0.15) is 19.8 Å². The molecule has 6 heteroatoms. The molecule has 0 radical (unpaired) electrons. The smallest absolute Gasteiger partial charge is 0.207 e. The summed E-state index contributed by atoms with van der Waals surface area (Å²) in [5.41, 5.74) is 0. The minimum Gasteiger partial charge on any atom is -0.207 e. The number of halogens is 2. The SMILES string of the molecule is CC1CCN(S(=O)(=O)c2cccc(Cl)c2Cl)CC1. The van der Waals surface area contributed by atoms with E-state index in [-0.39, 0.29) is 14.9 Å². The average Bonchev–Trinajstić information content (AvgIpc) is 2.33. The third-order valence-electron chi connectivity index (χ3n) is 3.28. The Bertz CT molecular complexity index is 537. The Balaban J connectivity index is 2.34. The fraction of sp³-hybridized carbons (Fsp3) is 0.500. The quantitative estimate of drug-likeness (QED) is 0.839. The molecule has 0 amide bonds. The predicted molar refractivity (Wildman–Crippen MR) is 73.6 cm³/mol. The van der Waals surface area contributed by atoms with Gasteiger partial charge in [0, 0.05) is 13.1 Å². The highest BCUT2D eigenvalue weighted by Gasteiger charge is 2.30. The Morgan fingerprint density at radius 3 is 2.44 bits per heavy atom. The fourth-order valence-corrected chi connectivity index (χ4v) is 4.25. The lowest BCUT2D eigenvalue weighted by Crippen LogP contribution is -2.38. The Morgan fingerprint density at radius 2 is 1.83 bits per heavy atom. The van der Waals surface area contributed by atoms with E-state index in [4.69, 9.17) is 23.2 Å². The van der Waals surface area contributed by atoms with Gasteiger partial charge in [0.15, 0.2) is 0 Å². The molecule has 3 nitrogen and oxygen atoms in total. The normalized spacial score (nSPS) is 19.1. The van der Waals surface area contributed by atoms with Crippen molar-refractivity contribution >= 4 is 33.2 Å². The van der Waals surface area contributed by atoms with Crippen LogP contribution >= 0.6 is 23.2 Å². The van der Waals surface area contributed by atoms with Gasteiger partial charge in [0.1, 0.15) is 4.90 Å². The van der Waals surface area contributed by atoms with E-state index in [1.807, 2.05) is 0 Å². The maximum Gasteiger partial charge on any atom is 0.244 e. The van der Waals surface area contributed by atoms with Crippen LogP contribution in [0.3, 0.4) is 0 Å². The molecule has 18 heavy (non-hydrogen) atoms. The monoisotopic (exact) mass is 307 g/mol. The number of nitrogens with zero attached hydrogens (tertiary/aromatic N) is 1. The summed E-state index contributed by atoms with van der Waals surface area (Å²) in [5, 5.41) is 0.376. The van der Waals surface area contributed by atoms with Gasteiger partial charge in [-0.05, 0) is 30.9 Å². The van der Waals surface area contributed by atoms with Crippen LogP contribution in [0.2, 0.25) is 10.0 Å². The summed E-state index contributed by atoms with van der Waals surface area (Å²) < 4.78 is 26.4. The molecule has 1 saturated heterocycles. The van der Waals surface area contributed by atoms with Crippen molar-refractivity contribution in [2.24, 2.45) is 5.92 Å². The highest BCUT2D eigenvalue weighted by Crippen LogP contribution is 2.32. The van der Waals surface area contributed by atoms with Gasteiger partial charge in [-0.1, -0.05) is 36.2 Å². The Hall–Kier alpha value is -0.290. The molecular formula is C12H15Cl2NO2S. The number of piperidine rings is 1. The molecule has 0 bridgehead atoms. The molecule has 1 aromatic carbocycles. The molecule has 2 rings (SSSR count). The Kier molecular flexibility index (Phi) is 4.22. The van der Waals surface area contributed by atoms with Crippen LogP contribution in [0, 0.1) is 5.92 Å². The summed E-state index contributed by atoms with van der Waals surface area (Å²) in [6.45, 7) is 3.23. The van der Waals surface area contributed by atoms with Crippen molar-refractivity contribution in [2.75, 3.05) is 13.1 Å². The zero-order valence-electron chi connectivity index (χ0n) is 10.1. The first kappa shape index (κ1) is 14.1. The molecule has 100 valence electrons. The first-order valence-electron chi connectivity index (χ1n) is 5.87. The lowest BCUT2D eigenvalue weighted by molar-refractivity contribution is 0.288. The van der Waals surface area contributed by atoms with Crippen LogP contribution in [0.5, 0.6) is 0 Å². The number of rotatable bonds is 2. The van der Waals surface area contributed by atoms with E-state index >= 15 is 0 Å². The Morgan fingerprint density at radius 1 is 1.22 bits per heavy atom. The molecule has 0 N–H and O–H groups in total. The minimum absolute atomic E-state index is 0.103. The van der Waals surface area contributed by atoms with Crippen LogP contribution in [0.15, 0.2) is 23.1 Å². The topological polar surface area (TPSA) is 37.4 Å². The maximum atomic E-state index is 12.4. The summed E-state index contributed by atoms with van der Waals surface area (Å²) in [7, 11) is -3.52. The maximum absolute atomic E-state index is 12.4. The van der Waals surface area contributed by atoms with Crippen molar-refractivity contribution in [3.63, 3.8) is 0 Å². The molecule has 1 aliphatic rings. The van der Waals surface area contributed by atoms with Gasteiger partial charge in [-0.3, -0.25) is 0 Å². The highest BCUT2D eigenvalue weighted by atomic mass is 35.5. The van der Waals surface area contributed by atoms with Crippen LogP contribution in [0.25, 0.3) is 0 Å². The van der Waals surface area contributed by atoms with Gasteiger partial charge < -0.3 is 0 Å². The minimum atomic E-state index is -3.52. The van der Waals surface area contributed by atoms with E-state index in [1.165, 1.54) is 10.4 Å². The second-order valence-electron chi connectivity index (χ2n) is 4.64. The molecule has 0 aromatic heterocycles. The van der Waals surface area contributed by atoms with Gasteiger partial charge in [-0.15, -0.1) is 0 Å². The lowest BCUT2D eigenvalue weighted by atomic mass is 10.0. The molecule has 0 spiro atoms. The second-order valence-corrected chi connectivity index (χ2v) is 7.33.